The van der Waals surface area contributed by atoms with E-state index in [9.17, 15) is 10.1 Å². The molecule has 106 valence electrons. The minimum absolute atomic E-state index is 0.0476. The van der Waals surface area contributed by atoms with Gasteiger partial charge in [-0.15, -0.1) is 0 Å². The van der Waals surface area contributed by atoms with E-state index in [4.69, 9.17) is 4.74 Å². The number of hydrogen-bond donors (Lipinski definition) is 0. The number of amides is 1. The first kappa shape index (κ1) is 14.4. The van der Waals surface area contributed by atoms with Gasteiger partial charge in [0.05, 0.1) is 13.2 Å². The first-order chi connectivity index (χ1) is 9.65. The molecule has 4 nitrogen and oxygen atoms in total. The third kappa shape index (κ3) is 3.11. The lowest BCUT2D eigenvalue weighted by molar-refractivity contribution is -0.132. The number of nitrogens with zero attached hydrogens (tertiary/aromatic N) is 2. The molecule has 1 amide bonds. The number of rotatable bonds is 4. The maximum atomic E-state index is 12.3. The highest BCUT2D eigenvalue weighted by atomic mass is 16.5. The largest absolute Gasteiger partial charge is 0.496 e. The van der Waals surface area contributed by atoms with E-state index in [0.717, 1.165) is 42.8 Å². The van der Waals surface area contributed by atoms with E-state index in [1.807, 2.05) is 25.1 Å². The molecule has 0 radical (unpaired) electrons. The van der Waals surface area contributed by atoms with E-state index in [-0.39, 0.29) is 5.91 Å². The molecule has 1 aromatic carbocycles. The first-order valence-electron chi connectivity index (χ1n) is 6.97. The Morgan fingerprint density at radius 1 is 1.45 bits per heavy atom. The Bertz CT molecular complexity index is 528. The fourth-order valence-corrected chi connectivity index (χ4v) is 2.63. The van der Waals surface area contributed by atoms with Crippen LogP contribution in [0.4, 0.5) is 0 Å². The van der Waals surface area contributed by atoms with Crippen molar-refractivity contribution in [3.05, 3.63) is 29.3 Å². The lowest BCUT2D eigenvalue weighted by Gasteiger charge is -2.19. The molecule has 20 heavy (non-hydrogen) atoms. The summed E-state index contributed by atoms with van der Waals surface area (Å²) in [5.41, 5.74) is 2.03. The number of methoxy groups -OCH3 is 1. The Labute approximate surface area is 120 Å². The Hall–Kier alpha value is -2.02. The summed E-state index contributed by atoms with van der Waals surface area (Å²) >= 11 is 0. The molecule has 1 saturated heterocycles. The number of nitriles is 1. The van der Waals surface area contributed by atoms with Gasteiger partial charge in [-0.25, -0.2) is 0 Å². The lowest BCUT2D eigenvalue weighted by Crippen LogP contribution is -2.34. The molecule has 0 aliphatic carbocycles. The Balaban J connectivity index is 2.15. The minimum atomic E-state index is -0.621. The second-order valence-electron chi connectivity index (χ2n) is 5.23. The van der Waals surface area contributed by atoms with Gasteiger partial charge < -0.3 is 9.64 Å². The highest BCUT2D eigenvalue weighted by Gasteiger charge is 2.27. The molecule has 4 heteroatoms. The fraction of sp³-hybridized carbons (Fsp3) is 0.500. The van der Waals surface area contributed by atoms with Gasteiger partial charge in [-0.05, 0) is 31.4 Å². The third-order valence-corrected chi connectivity index (χ3v) is 3.73. The predicted octanol–water partition coefficient (Wildman–Crippen LogP) is 2.31. The predicted molar refractivity (Wildman–Crippen MR) is 76.4 cm³/mol. The SMILES string of the molecule is COc1ccc(C)cc1CC(C#N)C(=O)N1CCCC1. The maximum absolute atomic E-state index is 12.3. The van der Waals surface area contributed by atoms with E-state index in [1.54, 1.807) is 12.0 Å². The smallest absolute Gasteiger partial charge is 0.240 e. The summed E-state index contributed by atoms with van der Waals surface area (Å²) in [7, 11) is 1.61. The first-order valence-corrected chi connectivity index (χ1v) is 6.97. The van der Waals surface area contributed by atoms with E-state index >= 15 is 0 Å². The van der Waals surface area contributed by atoms with Crippen molar-refractivity contribution in [2.24, 2.45) is 5.92 Å². The molecule has 0 bridgehead atoms. The summed E-state index contributed by atoms with van der Waals surface area (Å²) < 4.78 is 5.32. The molecule has 1 aliphatic heterocycles. The van der Waals surface area contributed by atoms with E-state index in [2.05, 4.69) is 6.07 Å². The van der Waals surface area contributed by atoms with Crippen molar-refractivity contribution in [1.29, 1.82) is 5.26 Å². The van der Waals surface area contributed by atoms with Gasteiger partial charge in [0, 0.05) is 19.5 Å². The standard InChI is InChI=1S/C16H20N2O2/c1-12-5-6-15(20-2)13(9-12)10-14(11-17)16(19)18-7-3-4-8-18/h5-6,9,14H,3-4,7-8,10H2,1-2H3. The molecule has 1 heterocycles. The molecule has 1 fully saturated rings. The van der Waals surface area contributed by atoms with Crippen molar-refractivity contribution < 1.29 is 9.53 Å². The molecule has 1 aliphatic rings. The van der Waals surface area contributed by atoms with Crippen LogP contribution in [0.5, 0.6) is 5.75 Å². The Morgan fingerprint density at radius 3 is 2.75 bits per heavy atom. The average Bonchev–Trinajstić information content (AvgIpc) is 2.98. The number of benzene rings is 1. The van der Waals surface area contributed by atoms with Crippen molar-refractivity contribution in [2.75, 3.05) is 20.2 Å². The van der Waals surface area contributed by atoms with Gasteiger partial charge in [0.1, 0.15) is 11.7 Å². The van der Waals surface area contributed by atoms with Crippen LogP contribution in [0.15, 0.2) is 18.2 Å². The number of carbonyl (C=O) groups excluding carboxylic acids is 1. The number of carbonyl (C=O) groups is 1. The third-order valence-electron chi connectivity index (χ3n) is 3.73. The van der Waals surface area contributed by atoms with E-state index in [1.165, 1.54) is 0 Å². The fourth-order valence-electron chi connectivity index (χ4n) is 2.63. The number of likely N-dealkylation sites (tertiary alicyclic amines) is 1. The topological polar surface area (TPSA) is 53.3 Å². The van der Waals surface area contributed by atoms with Crippen molar-refractivity contribution in [3.63, 3.8) is 0 Å². The van der Waals surface area contributed by atoms with Crippen molar-refractivity contribution >= 4 is 5.91 Å². The summed E-state index contributed by atoms with van der Waals surface area (Å²) in [6.07, 6.45) is 2.49. The van der Waals surface area contributed by atoms with Gasteiger partial charge in [-0.3, -0.25) is 4.79 Å². The summed E-state index contributed by atoms with van der Waals surface area (Å²) in [6, 6.07) is 7.99. The van der Waals surface area contributed by atoms with Crippen molar-refractivity contribution in [2.45, 2.75) is 26.2 Å². The van der Waals surface area contributed by atoms with E-state index in [0.29, 0.717) is 6.42 Å². The van der Waals surface area contributed by atoms with Crippen molar-refractivity contribution in [1.82, 2.24) is 4.90 Å². The number of ether oxygens (including phenoxy) is 1. The maximum Gasteiger partial charge on any atom is 0.240 e. The summed E-state index contributed by atoms with van der Waals surface area (Å²) in [4.78, 5) is 14.1. The van der Waals surface area contributed by atoms with Gasteiger partial charge in [0.2, 0.25) is 5.91 Å². The highest BCUT2D eigenvalue weighted by molar-refractivity contribution is 5.81. The van der Waals surface area contributed by atoms with Gasteiger partial charge in [0.15, 0.2) is 0 Å². The minimum Gasteiger partial charge on any atom is -0.496 e. The summed E-state index contributed by atoms with van der Waals surface area (Å²) in [5.74, 6) is 0.0717. The zero-order valence-corrected chi connectivity index (χ0v) is 12.1. The van der Waals surface area contributed by atoms with Crippen LogP contribution in [0.25, 0.3) is 0 Å². The monoisotopic (exact) mass is 272 g/mol. The Kier molecular flexibility index (Phi) is 4.62. The van der Waals surface area contributed by atoms with Crippen LogP contribution < -0.4 is 4.74 Å². The van der Waals surface area contributed by atoms with Crippen LogP contribution in [0, 0.1) is 24.2 Å². The van der Waals surface area contributed by atoms with Crippen LogP contribution in [0.2, 0.25) is 0 Å². The van der Waals surface area contributed by atoms with Gasteiger partial charge in [-0.2, -0.15) is 5.26 Å². The van der Waals surface area contributed by atoms with Gasteiger partial charge >= 0.3 is 0 Å². The van der Waals surface area contributed by atoms with Crippen LogP contribution in [-0.2, 0) is 11.2 Å². The molecule has 0 aromatic heterocycles. The molecule has 1 aromatic rings. The summed E-state index contributed by atoms with van der Waals surface area (Å²) in [6.45, 7) is 3.55. The molecule has 2 rings (SSSR count). The molecule has 1 unspecified atom stereocenters. The molecule has 0 saturated carbocycles. The van der Waals surface area contributed by atoms with Crippen LogP contribution in [0.1, 0.15) is 24.0 Å². The van der Waals surface area contributed by atoms with Crippen LogP contribution in [0.3, 0.4) is 0 Å². The number of aryl methyl sites for hydroxylation is 1. The van der Waals surface area contributed by atoms with Gasteiger partial charge in [-0.1, -0.05) is 17.7 Å². The zero-order valence-electron chi connectivity index (χ0n) is 12.1. The molecule has 0 N–H and O–H groups in total. The lowest BCUT2D eigenvalue weighted by atomic mass is 9.97. The second kappa shape index (κ2) is 6.42. The highest BCUT2D eigenvalue weighted by Crippen LogP contribution is 2.24. The zero-order chi connectivity index (χ0) is 14.5. The van der Waals surface area contributed by atoms with Crippen LogP contribution in [-0.4, -0.2) is 31.0 Å². The van der Waals surface area contributed by atoms with Gasteiger partial charge in [0.25, 0.3) is 0 Å². The normalized spacial score (nSPS) is 15.8. The average molecular weight is 272 g/mol. The van der Waals surface area contributed by atoms with E-state index < -0.39 is 5.92 Å². The molecular formula is C16H20N2O2. The quantitative estimate of drug-likeness (QED) is 0.845. The van der Waals surface area contributed by atoms with Crippen molar-refractivity contribution in [3.8, 4) is 11.8 Å². The second-order valence-corrected chi connectivity index (χ2v) is 5.23. The summed E-state index contributed by atoms with van der Waals surface area (Å²) in [5, 5.41) is 9.31. The Morgan fingerprint density at radius 2 is 2.15 bits per heavy atom. The molecule has 0 spiro atoms. The van der Waals surface area contributed by atoms with Crippen LogP contribution >= 0.6 is 0 Å². The molecular weight excluding hydrogens is 252 g/mol. The molecule has 1 atom stereocenters. The number of hydrogen-bond acceptors (Lipinski definition) is 3.